The normalized spacial score (nSPS) is 13.2. The highest BCUT2D eigenvalue weighted by Crippen LogP contribution is 2.44. The molecule has 9 rings (SSSR count). The maximum Gasteiger partial charge on any atom is 0.230 e. The van der Waals surface area contributed by atoms with E-state index in [1.54, 1.807) is 13.3 Å². The molecule has 4 heterocycles. The Balaban J connectivity index is 1.30. The molecule has 8 aromatic rings. The molecule has 8 nitrogen and oxygen atoms in total. The van der Waals surface area contributed by atoms with Crippen LogP contribution in [0.15, 0.2) is 151 Å². The number of rotatable bonds is 9. The summed E-state index contributed by atoms with van der Waals surface area (Å²) in [6.45, 7) is 0. The summed E-state index contributed by atoms with van der Waals surface area (Å²) in [7, 11) is 1.68. The summed E-state index contributed by atoms with van der Waals surface area (Å²) in [5.41, 5.74) is 7.82. The van der Waals surface area contributed by atoms with Gasteiger partial charge in [-0.15, -0.1) is 0 Å². The number of benzene rings is 4. The second-order valence-corrected chi connectivity index (χ2v) is 12.4. The molecular weight excluding hydrogens is 608 g/mol. The summed E-state index contributed by atoms with van der Waals surface area (Å²) in [6.07, 6.45) is 8.25. The monoisotopic (exact) mass is 640 g/mol. The molecule has 0 radical (unpaired) electrons. The minimum atomic E-state index is -0.780. The van der Waals surface area contributed by atoms with Gasteiger partial charge in [0.2, 0.25) is 11.7 Å². The van der Waals surface area contributed by atoms with Crippen LogP contribution < -0.4 is 4.74 Å². The molecule has 0 saturated heterocycles. The number of imidazole rings is 1. The molecule has 4 aromatic carbocycles. The van der Waals surface area contributed by atoms with Gasteiger partial charge in [-0.25, -0.2) is 4.98 Å². The highest BCUT2D eigenvalue weighted by atomic mass is 16.5. The van der Waals surface area contributed by atoms with Crippen LogP contribution in [0.25, 0.3) is 39.5 Å². The summed E-state index contributed by atoms with van der Waals surface area (Å²) in [5, 5.41) is 9.82. The molecule has 238 valence electrons. The van der Waals surface area contributed by atoms with Crippen LogP contribution in [0.2, 0.25) is 0 Å². The van der Waals surface area contributed by atoms with Crippen molar-refractivity contribution in [3.63, 3.8) is 0 Å². The number of methoxy groups -OCH3 is 1. The van der Waals surface area contributed by atoms with Crippen molar-refractivity contribution in [3.05, 3.63) is 169 Å². The zero-order chi connectivity index (χ0) is 32.8. The maximum absolute atomic E-state index is 5.61. The van der Waals surface area contributed by atoms with Crippen molar-refractivity contribution < 1.29 is 9.26 Å². The van der Waals surface area contributed by atoms with Gasteiger partial charge in [-0.05, 0) is 65.9 Å². The number of pyridine rings is 1. The lowest BCUT2D eigenvalue weighted by molar-refractivity contribution is 0.380. The van der Waals surface area contributed by atoms with Crippen LogP contribution >= 0.6 is 0 Å². The van der Waals surface area contributed by atoms with E-state index in [9.17, 15) is 0 Å². The lowest BCUT2D eigenvalue weighted by Gasteiger charge is -2.36. The van der Waals surface area contributed by atoms with Crippen LogP contribution in [0.3, 0.4) is 0 Å². The van der Waals surface area contributed by atoms with E-state index in [4.69, 9.17) is 19.3 Å². The van der Waals surface area contributed by atoms with Crippen molar-refractivity contribution in [2.24, 2.45) is 0 Å². The Labute approximate surface area is 283 Å². The number of nitrogens with zero attached hydrogens (tertiary/aromatic N) is 6. The van der Waals surface area contributed by atoms with Gasteiger partial charge >= 0.3 is 0 Å². The van der Waals surface area contributed by atoms with E-state index in [-0.39, 0.29) is 0 Å². The van der Waals surface area contributed by atoms with E-state index >= 15 is 0 Å². The molecule has 0 spiro atoms. The van der Waals surface area contributed by atoms with Gasteiger partial charge in [0.15, 0.2) is 0 Å². The summed E-state index contributed by atoms with van der Waals surface area (Å²) >= 11 is 0. The van der Waals surface area contributed by atoms with Gasteiger partial charge in [-0.3, -0.25) is 9.08 Å². The lowest BCUT2D eigenvalue weighted by Crippen LogP contribution is -2.38. The topological polar surface area (TPSA) is 83.3 Å². The number of hydrogen-bond donors (Lipinski definition) is 0. The average molecular weight is 641 g/mol. The second kappa shape index (κ2) is 11.8. The van der Waals surface area contributed by atoms with Crippen LogP contribution in [0.4, 0.5) is 0 Å². The third-order valence-corrected chi connectivity index (χ3v) is 9.41. The molecule has 1 fully saturated rings. The summed E-state index contributed by atoms with van der Waals surface area (Å²) in [4.78, 5) is 9.39. The first-order chi connectivity index (χ1) is 24.2. The molecule has 8 heteroatoms. The van der Waals surface area contributed by atoms with E-state index in [1.165, 1.54) is 0 Å². The molecular formula is C41H32N6O2. The molecule has 1 aliphatic rings. The first-order valence-corrected chi connectivity index (χ1v) is 16.4. The van der Waals surface area contributed by atoms with Crippen molar-refractivity contribution in [1.82, 2.24) is 29.3 Å². The summed E-state index contributed by atoms with van der Waals surface area (Å²) in [6, 6.07) is 44.0. The Morgan fingerprint density at radius 3 is 1.92 bits per heavy atom. The molecule has 0 aliphatic heterocycles. The van der Waals surface area contributed by atoms with Crippen LogP contribution in [0.1, 0.15) is 41.3 Å². The Kier molecular flexibility index (Phi) is 6.93. The van der Waals surface area contributed by atoms with E-state index in [0.29, 0.717) is 17.6 Å². The molecule has 0 bridgehead atoms. The first kappa shape index (κ1) is 28.9. The van der Waals surface area contributed by atoms with Crippen molar-refractivity contribution >= 4 is 5.65 Å². The van der Waals surface area contributed by atoms with Gasteiger partial charge in [0.1, 0.15) is 28.3 Å². The van der Waals surface area contributed by atoms with Crippen molar-refractivity contribution in [3.8, 4) is 39.7 Å². The Bertz CT molecular complexity index is 2280. The summed E-state index contributed by atoms with van der Waals surface area (Å²) in [5.74, 6) is 2.39. The van der Waals surface area contributed by atoms with Crippen LogP contribution in [-0.4, -0.2) is 36.4 Å². The van der Waals surface area contributed by atoms with Crippen molar-refractivity contribution in [2.75, 3.05) is 7.11 Å². The molecule has 4 aromatic heterocycles. The Morgan fingerprint density at radius 2 is 1.33 bits per heavy atom. The molecule has 0 atom stereocenters. The largest absolute Gasteiger partial charge is 0.497 e. The molecule has 1 aliphatic carbocycles. The molecule has 49 heavy (non-hydrogen) atoms. The quantitative estimate of drug-likeness (QED) is 0.147. The maximum atomic E-state index is 5.61. The molecule has 0 amide bonds. The van der Waals surface area contributed by atoms with Crippen LogP contribution in [-0.2, 0) is 5.54 Å². The van der Waals surface area contributed by atoms with Gasteiger partial charge in [0.25, 0.3) is 0 Å². The zero-order valence-electron chi connectivity index (χ0n) is 26.8. The fraction of sp³-hybridized carbons (Fsp3) is 0.122. The van der Waals surface area contributed by atoms with E-state index in [1.807, 2.05) is 22.6 Å². The zero-order valence-corrected chi connectivity index (χ0v) is 26.8. The minimum Gasteiger partial charge on any atom is -0.497 e. The van der Waals surface area contributed by atoms with Crippen molar-refractivity contribution in [1.29, 1.82) is 0 Å². The third kappa shape index (κ3) is 4.92. The number of aromatic nitrogens is 6. The molecule has 1 saturated carbocycles. The standard InChI is InChI=1S/C41H32N6O2/c1-48-34-22-19-28(20-23-34)38-35(30-21-24-37-42-25-36(46(37)26-30)39-43-40(49-45-39)29-17-18-29)27-47(44-38)41(31-11-5-2-6-12-31,32-13-7-3-8-14-32)33-15-9-4-10-16-33/h2-16,19-27,29H,17-18H2,1H3. The smallest absolute Gasteiger partial charge is 0.230 e. The number of fused-ring (bicyclic) bond motifs is 1. The number of hydrogen-bond acceptors (Lipinski definition) is 6. The van der Waals surface area contributed by atoms with Crippen LogP contribution in [0, 0.1) is 0 Å². The predicted octanol–water partition coefficient (Wildman–Crippen LogP) is 8.64. The van der Waals surface area contributed by atoms with Gasteiger partial charge in [0.05, 0.1) is 13.3 Å². The predicted molar refractivity (Wildman–Crippen MR) is 188 cm³/mol. The third-order valence-electron chi connectivity index (χ3n) is 9.41. The van der Waals surface area contributed by atoms with Gasteiger partial charge < -0.3 is 9.26 Å². The van der Waals surface area contributed by atoms with Crippen LogP contribution in [0.5, 0.6) is 5.75 Å². The Morgan fingerprint density at radius 1 is 0.714 bits per heavy atom. The number of ether oxygens (including phenoxy) is 1. The van der Waals surface area contributed by atoms with E-state index in [2.05, 4.69) is 136 Å². The molecule has 0 unspecified atom stereocenters. The SMILES string of the molecule is COc1ccc(-c2nn(C(c3ccccc3)(c3ccccc3)c3ccccc3)cc2-c2ccc3ncc(-c4noc(C5CC5)n4)n3c2)cc1. The fourth-order valence-corrected chi connectivity index (χ4v) is 6.79. The van der Waals surface area contributed by atoms with Gasteiger partial charge in [-0.2, -0.15) is 10.1 Å². The minimum absolute atomic E-state index is 0.369. The van der Waals surface area contributed by atoms with Crippen molar-refractivity contribution in [2.45, 2.75) is 24.3 Å². The summed E-state index contributed by atoms with van der Waals surface area (Å²) < 4.78 is 15.3. The van der Waals surface area contributed by atoms with Gasteiger partial charge in [-0.1, -0.05) is 96.2 Å². The first-order valence-electron chi connectivity index (χ1n) is 16.4. The lowest BCUT2D eigenvalue weighted by atomic mass is 9.77. The Hall–Kier alpha value is -6.28. The van der Waals surface area contributed by atoms with Gasteiger partial charge in [0, 0.05) is 35.0 Å². The van der Waals surface area contributed by atoms with E-state index < -0.39 is 5.54 Å². The second-order valence-electron chi connectivity index (χ2n) is 12.4. The molecule has 0 N–H and O–H groups in total. The fourth-order valence-electron chi connectivity index (χ4n) is 6.79. The average Bonchev–Trinajstić information content (AvgIpc) is 3.52. The highest BCUT2D eigenvalue weighted by molar-refractivity contribution is 5.81. The highest BCUT2D eigenvalue weighted by Gasteiger charge is 2.40. The van der Waals surface area contributed by atoms with E-state index in [0.717, 1.165) is 69.0 Å².